The van der Waals surface area contributed by atoms with E-state index in [1.54, 1.807) is 0 Å². The van der Waals surface area contributed by atoms with Crippen LogP contribution < -0.4 is 5.32 Å². The third-order valence-corrected chi connectivity index (χ3v) is 4.98. The molecule has 1 fully saturated rings. The summed E-state index contributed by atoms with van der Waals surface area (Å²) in [7, 11) is 0. The topological polar surface area (TPSA) is 29.1 Å². The molecule has 0 heterocycles. The van der Waals surface area contributed by atoms with Gasteiger partial charge in [-0.2, -0.15) is 0 Å². The largest absolute Gasteiger partial charge is 0.349 e. The molecule has 2 nitrogen and oxygen atoms in total. The van der Waals surface area contributed by atoms with Crippen LogP contribution in [0, 0.1) is 5.92 Å². The Hall–Kier alpha value is -1.32. The summed E-state index contributed by atoms with van der Waals surface area (Å²) in [6, 6.07) is 15.8. The Bertz CT molecular complexity index is 703. The van der Waals surface area contributed by atoms with Gasteiger partial charge in [0.15, 0.2) is 0 Å². The van der Waals surface area contributed by atoms with Gasteiger partial charge in [-0.25, -0.2) is 0 Å². The molecule has 3 atom stereocenters. The van der Waals surface area contributed by atoms with Crippen molar-refractivity contribution in [1.82, 2.24) is 5.32 Å². The van der Waals surface area contributed by atoms with Gasteiger partial charge in [-0.05, 0) is 48.6 Å². The predicted molar refractivity (Wildman–Crippen MR) is 93.0 cm³/mol. The maximum absolute atomic E-state index is 12.4. The molecule has 0 aliphatic heterocycles. The van der Waals surface area contributed by atoms with Gasteiger partial charge in [-0.15, -0.1) is 0 Å². The number of hydrogen-bond acceptors (Lipinski definition) is 1. The molecule has 2 aromatic rings. The highest BCUT2D eigenvalue weighted by atomic mass is 79.9. The van der Waals surface area contributed by atoms with E-state index in [-0.39, 0.29) is 23.8 Å². The van der Waals surface area contributed by atoms with Crippen molar-refractivity contribution >= 4 is 33.4 Å². The van der Waals surface area contributed by atoms with Crippen LogP contribution in [0.3, 0.4) is 0 Å². The van der Waals surface area contributed by atoms with E-state index < -0.39 is 0 Å². The predicted octanol–water partition coefficient (Wildman–Crippen LogP) is 5.08. The SMILES string of the molecule is CC(NC(=O)C1CC1c1ccccc1Cl)c1cccc(Br)c1. The standard InChI is InChI=1S/C18H17BrClNO/c1-11(12-5-4-6-13(19)9-12)21-18(22)16-10-15(16)14-7-2-3-8-17(14)20/h2-9,11,15-16H,10H2,1H3,(H,21,22). The third kappa shape index (κ3) is 3.36. The van der Waals surface area contributed by atoms with Crippen LogP contribution in [0.1, 0.15) is 36.4 Å². The molecule has 0 saturated heterocycles. The number of halogens is 2. The summed E-state index contributed by atoms with van der Waals surface area (Å²) in [6.07, 6.45) is 0.876. The molecule has 1 aliphatic rings. The Labute approximate surface area is 144 Å². The molecule has 0 bridgehead atoms. The highest BCUT2D eigenvalue weighted by Crippen LogP contribution is 2.49. The second kappa shape index (κ2) is 6.43. The summed E-state index contributed by atoms with van der Waals surface area (Å²) < 4.78 is 1.02. The number of amides is 1. The average Bonchev–Trinajstić information content (AvgIpc) is 3.28. The van der Waals surface area contributed by atoms with Gasteiger partial charge in [-0.1, -0.05) is 57.9 Å². The fourth-order valence-corrected chi connectivity index (χ4v) is 3.48. The summed E-state index contributed by atoms with van der Waals surface area (Å²) in [5, 5.41) is 3.85. The minimum atomic E-state index is -0.00232. The van der Waals surface area contributed by atoms with Crippen molar-refractivity contribution in [3.8, 4) is 0 Å². The summed E-state index contributed by atoms with van der Waals surface area (Å²) in [5.41, 5.74) is 2.18. The number of hydrogen-bond donors (Lipinski definition) is 1. The fraction of sp³-hybridized carbons (Fsp3) is 0.278. The van der Waals surface area contributed by atoms with Crippen molar-refractivity contribution in [1.29, 1.82) is 0 Å². The first-order valence-corrected chi connectivity index (χ1v) is 8.53. The summed E-state index contributed by atoms with van der Waals surface area (Å²) >= 11 is 9.67. The fourth-order valence-electron chi connectivity index (χ4n) is 2.78. The van der Waals surface area contributed by atoms with Gasteiger partial charge in [0.1, 0.15) is 0 Å². The van der Waals surface area contributed by atoms with E-state index in [0.717, 1.165) is 27.0 Å². The Morgan fingerprint density at radius 2 is 2.05 bits per heavy atom. The molecule has 1 N–H and O–H groups in total. The Morgan fingerprint density at radius 3 is 2.77 bits per heavy atom. The van der Waals surface area contributed by atoms with Gasteiger partial charge in [0.25, 0.3) is 0 Å². The molecule has 3 unspecified atom stereocenters. The molecule has 0 aromatic heterocycles. The number of carbonyl (C=O) groups excluding carboxylic acids is 1. The number of rotatable bonds is 4. The molecular weight excluding hydrogens is 362 g/mol. The van der Waals surface area contributed by atoms with E-state index in [0.29, 0.717) is 0 Å². The van der Waals surface area contributed by atoms with Gasteiger partial charge in [0.05, 0.1) is 6.04 Å². The summed E-state index contributed by atoms with van der Waals surface area (Å²) in [5.74, 6) is 0.398. The molecule has 1 aliphatic carbocycles. The molecule has 22 heavy (non-hydrogen) atoms. The first-order chi connectivity index (χ1) is 10.6. The Kier molecular flexibility index (Phi) is 4.55. The van der Waals surface area contributed by atoms with Crippen LogP contribution in [-0.4, -0.2) is 5.91 Å². The van der Waals surface area contributed by atoms with Gasteiger partial charge >= 0.3 is 0 Å². The molecule has 2 aromatic carbocycles. The molecule has 1 amide bonds. The van der Waals surface area contributed by atoms with Gasteiger partial charge in [-0.3, -0.25) is 4.79 Å². The second-order valence-electron chi connectivity index (χ2n) is 5.76. The lowest BCUT2D eigenvalue weighted by Crippen LogP contribution is -2.28. The van der Waals surface area contributed by atoms with E-state index in [2.05, 4.69) is 21.2 Å². The average molecular weight is 379 g/mol. The van der Waals surface area contributed by atoms with Crippen molar-refractivity contribution in [2.45, 2.75) is 25.3 Å². The smallest absolute Gasteiger partial charge is 0.224 e. The molecule has 0 spiro atoms. The molecule has 114 valence electrons. The minimum Gasteiger partial charge on any atom is -0.349 e. The van der Waals surface area contributed by atoms with Gasteiger partial charge in [0, 0.05) is 15.4 Å². The summed E-state index contributed by atoms with van der Waals surface area (Å²) in [6.45, 7) is 2.01. The zero-order chi connectivity index (χ0) is 15.7. The lowest BCUT2D eigenvalue weighted by atomic mass is 10.1. The zero-order valence-electron chi connectivity index (χ0n) is 12.2. The molecule has 0 radical (unpaired) electrons. The lowest BCUT2D eigenvalue weighted by molar-refractivity contribution is -0.123. The molecule has 4 heteroatoms. The van der Waals surface area contributed by atoms with Crippen LogP contribution in [0.5, 0.6) is 0 Å². The monoisotopic (exact) mass is 377 g/mol. The van der Waals surface area contributed by atoms with E-state index in [9.17, 15) is 4.79 Å². The minimum absolute atomic E-state index is 0.00232. The van der Waals surface area contributed by atoms with Crippen LogP contribution in [0.4, 0.5) is 0 Å². The first-order valence-electron chi connectivity index (χ1n) is 7.36. The van der Waals surface area contributed by atoms with Crippen molar-refractivity contribution in [3.05, 3.63) is 69.2 Å². The molecule has 1 saturated carbocycles. The van der Waals surface area contributed by atoms with Crippen molar-refractivity contribution in [2.24, 2.45) is 5.92 Å². The maximum Gasteiger partial charge on any atom is 0.224 e. The number of nitrogens with one attached hydrogen (secondary N) is 1. The van der Waals surface area contributed by atoms with Crippen LogP contribution >= 0.6 is 27.5 Å². The highest BCUT2D eigenvalue weighted by molar-refractivity contribution is 9.10. The van der Waals surface area contributed by atoms with Gasteiger partial charge in [0.2, 0.25) is 5.91 Å². The number of benzene rings is 2. The van der Waals surface area contributed by atoms with E-state index >= 15 is 0 Å². The van der Waals surface area contributed by atoms with Crippen LogP contribution in [0.2, 0.25) is 5.02 Å². The molecular formula is C18H17BrClNO. The lowest BCUT2D eigenvalue weighted by Gasteiger charge is -2.15. The highest BCUT2D eigenvalue weighted by Gasteiger charge is 2.45. The Morgan fingerprint density at radius 1 is 1.27 bits per heavy atom. The second-order valence-corrected chi connectivity index (χ2v) is 7.08. The molecule has 3 rings (SSSR count). The normalized spacial score (nSPS) is 21.2. The first kappa shape index (κ1) is 15.6. The van der Waals surface area contributed by atoms with E-state index in [4.69, 9.17) is 11.6 Å². The van der Waals surface area contributed by atoms with Crippen LogP contribution in [0.25, 0.3) is 0 Å². The van der Waals surface area contributed by atoms with Crippen molar-refractivity contribution < 1.29 is 4.79 Å². The van der Waals surface area contributed by atoms with Crippen LogP contribution in [-0.2, 0) is 4.79 Å². The van der Waals surface area contributed by atoms with E-state index in [1.807, 2.05) is 55.5 Å². The maximum atomic E-state index is 12.4. The third-order valence-electron chi connectivity index (χ3n) is 4.14. The summed E-state index contributed by atoms with van der Waals surface area (Å²) in [4.78, 5) is 12.4. The Balaban J connectivity index is 1.63. The number of carbonyl (C=O) groups is 1. The zero-order valence-corrected chi connectivity index (χ0v) is 14.6. The van der Waals surface area contributed by atoms with Crippen molar-refractivity contribution in [2.75, 3.05) is 0 Å². The van der Waals surface area contributed by atoms with Crippen molar-refractivity contribution in [3.63, 3.8) is 0 Å². The quantitative estimate of drug-likeness (QED) is 0.789. The van der Waals surface area contributed by atoms with Crippen LogP contribution in [0.15, 0.2) is 53.0 Å². The van der Waals surface area contributed by atoms with E-state index in [1.165, 1.54) is 0 Å². The van der Waals surface area contributed by atoms with Gasteiger partial charge < -0.3 is 5.32 Å².